The molecule has 0 aliphatic heterocycles. The van der Waals surface area contributed by atoms with Crippen molar-refractivity contribution in [3.63, 3.8) is 0 Å². The van der Waals surface area contributed by atoms with Gasteiger partial charge in [-0.25, -0.2) is 0 Å². The first kappa shape index (κ1) is 24.5. The van der Waals surface area contributed by atoms with Crippen LogP contribution in [0.15, 0.2) is 77.4 Å². The second kappa shape index (κ2) is 11.7. The van der Waals surface area contributed by atoms with E-state index in [-0.39, 0.29) is 30.8 Å². The van der Waals surface area contributed by atoms with Crippen molar-refractivity contribution in [3.05, 3.63) is 94.9 Å². The lowest BCUT2D eigenvalue weighted by molar-refractivity contribution is -0.141. The summed E-state index contributed by atoms with van der Waals surface area (Å²) in [5.74, 6) is -1.03. The van der Waals surface area contributed by atoms with E-state index in [0.29, 0.717) is 10.6 Å². The number of halogens is 1. The molecule has 182 valence electrons. The second-order valence-electron chi connectivity index (χ2n) is 8.61. The minimum absolute atomic E-state index is 0.0876. The quantitative estimate of drug-likeness (QED) is 0.459. The van der Waals surface area contributed by atoms with Crippen LogP contribution in [0.1, 0.15) is 53.4 Å². The van der Waals surface area contributed by atoms with E-state index in [2.05, 4.69) is 10.6 Å². The summed E-state index contributed by atoms with van der Waals surface area (Å²) in [7, 11) is 0. The first-order chi connectivity index (χ1) is 17.0. The third-order valence-corrected chi connectivity index (χ3v) is 6.36. The van der Waals surface area contributed by atoms with E-state index in [0.717, 1.165) is 31.2 Å². The monoisotopic (exact) mass is 493 g/mol. The molecule has 0 bridgehead atoms. The lowest BCUT2D eigenvalue weighted by Gasteiger charge is -2.32. The van der Waals surface area contributed by atoms with Crippen LogP contribution in [-0.4, -0.2) is 35.2 Å². The molecule has 0 saturated heterocycles. The first-order valence-electron chi connectivity index (χ1n) is 11.7. The smallest absolute Gasteiger partial charge is 0.287 e. The molecule has 8 heteroatoms. The van der Waals surface area contributed by atoms with Crippen LogP contribution in [0.4, 0.5) is 0 Å². The number of nitrogens with zero attached hydrogens (tertiary/aromatic N) is 1. The van der Waals surface area contributed by atoms with Crippen LogP contribution in [0.2, 0.25) is 5.02 Å². The topological polar surface area (TPSA) is 91.7 Å². The van der Waals surface area contributed by atoms with Crippen molar-refractivity contribution < 1.29 is 18.8 Å². The normalized spacial score (nSPS) is 14.3. The lowest BCUT2D eigenvalue weighted by Crippen LogP contribution is -2.48. The molecule has 0 radical (unpaired) electrons. The zero-order valence-corrected chi connectivity index (χ0v) is 20.0. The highest BCUT2D eigenvalue weighted by molar-refractivity contribution is 6.30. The Hall–Kier alpha value is -3.58. The Labute approximate surface area is 209 Å². The highest BCUT2D eigenvalue weighted by Gasteiger charge is 2.33. The largest absolute Gasteiger partial charge is 0.459 e. The van der Waals surface area contributed by atoms with E-state index in [9.17, 15) is 14.4 Å². The van der Waals surface area contributed by atoms with Gasteiger partial charge < -0.3 is 20.0 Å². The van der Waals surface area contributed by atoms with Crippen LogP contribution in [-0.2, 0) is 16.1 Å². The number of benzene rings is 2. The average molecular weight is 494 g/mol. The standard InChI is InChI=1S/C27H28ClN3O4/c28-21-14-12-20(13-15-21)25(27(34)30-22-9-4-5-10-22)31(18-19-7-2-1-3-8-19)24(32)17-29-26(33)23-11-6-16-35-23/h1-3,6-8,11-16,22,25H,4-5,9-10,17-18H2,(H,29,33)(H,30,34)/t25-/m0/s1. The summed E-state index contributed by atoms with van der Waals surface area (Å²) in [6.07, 6.45) is 5.38. The highest BCUT2D eigenvalue weighted by atomic mass is 35.5. The molecular weight excluding hydrogens is 466 g/mol. The fourth-order valence-electron chi connectivity index (χ4n) is 4.32. The van der Waals surface area contributed by atoms with Crippen molar-refractivity contribution >= 4 is 29.3 Å². The van der Waals surface area contributed by atoms with Gasteiger partial charge in [-0.05, 0) is 48.2 Å². The molecule has 1 saturated carbocycles. The van der Waals surface area contributed by atoms with E-state index in [1.54, 1.807) is 30.3 Å². The van der Waals surface area contributed by atoms with E-state index in [1.807, 2.05) is 30.3 Å². The number of nitrogens with one attached hydrogen (secondary N) is 2. The Morgan fingerprint density at radius 3 is 2.34 bits per heavy atom. The number of hydrogen-bond donors (Lipinski definition) is 2. The molecule has 2 N–H and O–H groups in total. The van der Waals surface area contributed by atoms with Crippen LogP contribution in [0, 0.1) is 0 Å². The molecule has 4 rings (SSSR count). The first-order valence-corrected chi connectivity index (χ1v) is 12.1. The van der Waals surface area contributed by atoms with Gasteiger partial charge in [0.05, 0.1) is 12.8 Å². The van der Waals surface area contributed by atoms with E-state index >= 15 is 0 Å². The van der Waals surface area contributed by atoms with Gasteiger partial charge in [-0.15, -0.1) is 0 Å². The molecule has 1 fully saturated rings. The third kappa shape index (κ3) is 6.51. The van der Waals surface area contributed by atoms with Crippen molar-refractivity contribution in [3.8, 4) is 0 Å². The minimum atomic E-state index is -0.888. The third-order valence-electron chi connectivity index (χ3n) is 6.11. The number of amides is 3. The Balaban J connectivity index is 1.62. The molecule has 1 atom stereocenters. The zero-order valence-electron chi connectivity index (χ0n) is 19.3. The van der Waals surface area contributed by atoms with Crippen LogP contribution in [0.5, 0.6) is 0 Å². The molecular formula is C27H28ClN3O4. The Morgan fingerprint density at radius 2 is 1.69 bits per heavy atom. The maximum Gasteiger partial charge on any atom is 0.287 e. The second-order valence-corrected chi connectivity index (χ2v) is 9.05. The van der Waals surface area contributed by atoms with Crippen LogP contribution in [0.25, 0.3) is 0 Å². The molecule has 1 heterocycles. The van der Waals surface area contributed by atoms with E-state index in [4.69, 9.17) is 16.0 Å². The average Bonchev–Trinajstić information content (AvgIpc) is 3.58. The maximum atomic E-state index is 13.6. The molecule has 1 aliphatic rings. The number of rotatable bonds is 9. The summed E-state index contributed by atoms with van der Waals surface area (Å²) < 4.78 is 5.11. The van der Waals surface area contributed by atoms with Crippen LogP contribution < -0.4 is 10.6 Å². The van der Waals surface area contributed by atoms with Gasteiger partial charge in [0.1, 0.15) is 6.04 Å². The van der Waals surface area contributed by atoms with Crippen molar-refractivity contribution in [2.75, 3.05) is 6.54 Å². The summed E-state index contributed by atoms with van der Waals surface area (Å²) in [4.78, 5) is 41.0. The molecule has 35 heavy (non-hydrogen) atoms. The fraction of sp³-hybridized carbons (Fsp3) is 0.296. The molecule has 0 unspecified atom stereocenters. The van der Waals surface area contributed by atoms with Crippen molar-refractivity contribution in [2.24, 2.45) is 0 Å². The predicted molar refractivity (Wildman–Crippen MR) is 133 cm³/mol. The van der Waals surface area contributed by atoms with Gasteiger partial charge in [-0.1, -0.05) is 66.9 Å². The van der Waals surface area contributed by atoms with Crippen LogP contribution >= 0.6 is 11.6 Å². The van der Waals surface area contributed by atoms with E-state index in [1.165, 1.54) is 17.2 Å². The van der Waals surface area contributed by atoms with Gasteiger partial charge in [0, 0.05) is 17.6 Å². The van der Waals surface area contributed by atoms with Gasteiger partial charge in [-0.2, -0.15) is 0 Å². The summed E-state index contributed by atoms with van der Waals surface area (Å²) in [5, 5.41) is 6.27. The molecule has 1 aliphatic carbocycles. The van der Waals surface area contributed by atoms with Crippen molar-refractivity contribution in [2.45, 2.75) is 44.3 Å². The van der Waals surface area contributed by atoms with Gasteiger partial charge in [-0.3, -0.25) is 14.4 Å². The lowest BCUT2D eigenvalue weighted by atomic mass is 10.0. The predicted octanol–water partition coefficient (Wildman–Crippen LogP) is 4.49. The Kier molecular flexibility index (Phi) is 8.21. The highest BCUT2D eigenvalue weighted by Crippen LogP contribution is 2.27. The zero-order chi connectivity index (χ0) is 24.6. The maximum absolute atomic E-state index is 13.6. The SMILES string of the molecule is O=C(NCC(=O)N(Cc1ccccc1)[C@H](C(=O)NC1CCCC1)c1ccc(Cl)cc1)c1ccco1. The Bertz CT molecular complexity index is 1130. The summed E-state index contributed by atoms with van der Waals surface area (Å²) in [5.41, 5.74) is 1.51. The summed E-state index contributed by atoms with van der Waals surface area (Å²) in [6, 6.07) is 18.7. The summed E-state index contributed by atoms with van der Waals surface area (Å²) in [6.45, 7) is -0.0885. The van der Waals surface area contributed by atoms with Crippen LogP contribution in [0.3, 0.4) is 0 Å². The number of hydrogen-bond acceptors (Lipinski definition) is 4. The number of carbonyl (C=O) groups is 3. The van der Waals surface area contributed by atoms with E-state index < -0.39 is 17.9 Å². The molecule has 7 nitrogen and oxygen atoms in total. The molecule has 3 amide bonds. The van der Waals surface area contributed by atoms with Crippen molar-refractivity contribution in [1.29, 1.82) is 0 Å². The molecule has 3 aromatic rings. The number of furan rings is 1. The fourth-order valence-corrected chi connectivity index (χ4v) is 4.45. The van der Waals surface area contributed by atoms with Crippen molar-refractivity contribution in [1.82, 2.24) is 15.5 Å². The van der Waals surface area contributed by atoms with Gasteiger partial charge >= 0.3 is 0 Å². The molecule has 1 aromatic heterocycles. The summed E-state index contributed by atoms with van der Waals surface area (Å²) >= 11 is 6.10. The van der Waals surface area contributed by atoms with Gasteiger partial charge in [0.15, 0.2) is 5.76 Å². The van der Waals surface area contributed by atoms with Gasteiger partial charge in [0.25, 0.3) is 5.91 Å². The molecule has 0 spiro atoms. The Morgan fingerprint density at radius 1 is 0.971 bits per heavy atom. The minimum Gasteiger partial charge on any atom is -0.459 e. The number of carbonyl (C=O) groups excluding carboxylic acids is 3. The molecule has 2 aromatic carbocycles. The van der Waals surface area contributed by atoms with Gasteiger partial charge in [0.2, 0.25) is 11.8 Å².